The minimum atomic E-state index is -2.77. The molecule has 1 unspecified atom stereocenters. The normalized spacial score (nSPS) is 20.3. The topological polar surface area (TPSA) is 24.1 Å². The number of hydrogen-bond acceptors (Lipinski definition) is 2. The van der Waals surface area contributed by atoms with E-state index in [2.05, 4.69) is 10.6 Å². The Morgan fingerprint density at radius 2 is 2.16 bits per heavy atom. The molecule has 1 aliphatic heterocycles. The van der Waals surface area contributed by atoms with Gasteiger partial charge in [-0.1, -0.05) is 12.5 Å². The van der Waals surface area contributed by atoms with Crippen molar-refractivity contribution in [1.82, 2.24) is 5.32 Å². The van der Waals surface area contributed by atoms with Gasteiger partial charge in [-0.2, -0.15) is 0 Å². The highest BCUT2D eigenvalue weighted by Gasteiger charge is 2.24. The van der Waals surface area contributed by atoms with Crippen LogP contribution in [0.2, 0.25) is 0 Å². The molecule has 2 rings (SSSR count). The second-order valence-electron chi connectivity index (χ2n) is 5.45. The Bertz CT molecular complexity index is 421. The van der Waals surface area contributed by atoms with Gasteiger partial charge < -0.3 is 10.6 Å². The maximum absolute atomic E-state index is 13.2. The SMILES string of the molecule is Cc1cc(C(C)(F)F)ccc1NCC1CCCCN1. The molecule has 0 spiro atoms. The Labute approximate surface area is 113 Å². The molecule has 1 atom stereocenters. The Morgan fingerprint density at radius 1 is 1.37 bits per heavy atom. The first-order valence-electron chi connectivity index (χ1n) is 6.93. The van der Waals surface area contributed by atoms with Crippen molar-refractivity contribution in [2.75, 3.05) is 18.4 Å². The molecule has 2 nitrogen and oxygen atoms in total. The molecule has 19 heavy (non-hydrogen) atoms. The lowest BCUT2D eigenvalue weighted by atomic mass is 10.0. The summed E-state index contributed by atoms with van der Waals surface area (Å²) in [6.45, 7) is 4.72. The second kappa shape index (κ2) is 5.87. The predicted octanol–water partition coefficient (Wildman–Crippen LogP) is 3.66. The van der Waals surface area contributed by atoms with Crippen molar-refractivity contribution in [2.24, 2.45) is 0 Å². The Hall–Kier alpha value is -1.16. The summed E-state index contributed by atoms with van der Waals surface area (Å²) in [6.07, 6.45) is 3.69. The van der Waals surface area contributed by atoms with Gasteiger partial charge in [-0.15, -0.1) is 0 Å². The van der Waals surface area contributed by atoms with Crippen LogP contribution in [0.4, 0.5) is 14.5 Å². The molecular weight excluding hydrogens is 246 g/mol. The highest BCUT2D eigenvalue weighted by Crippen LogP contribution is 2.29. The van der Waals surface area contributed by atoms with Crippen LogP contribution in [0.15, 0.2) is 18.2 Å². The summed E-state index contributed by atoms with van der Waals surface area (Å²) in [4.78, 5) is 0. The number of nitrogens with one attached hydrogen (secondary N) is 2. The molecule has 0 aliphatic carbocycles. The first-order valence-corrected chi connectivity index (χ1v) is 6.93. The summed E-state index contributed by atoms with van der Waals surface area (Å²) in [5, 5.41) is 6.82. The molecule has 4 heteroatoms. The molecule has 0 amide bonds. The lowest BCUT2D eigenvalue weighted by molar-refractivity contribution is 0.0174. The number of piperidine rings is 1. The Morgan fingerprint density at radius 3 is 2.74 bits per heavy atom. The lowest BCUT2D eigenvalue weighted by Crippen LogP contribution is -2.39. The van der Waals surface area contributed by atoms with Gasteiger partial charge in [0, 0.05) is 30.8 Å². The number of anilines is 1. The van der Waals surface area contributed by atoms with Crippen LogP contribution >= 0.6 is 0 Å². The minimum Gasteiger partial charge on any atom is -0.383 e. The molecule has 1 heterocycles. The molecule has 0 radical (unpaired) electrons. The first-order chi connectivity index (χ1) is 8.97. The number of alkyl halides is 2. The highest BCUT2D eigenvalue weighted by molar-refractivity contribution is 5.52. The molecule has 2 N–H and O–H groups in total. The van der Waals surface area contributed by atoms with Crippen molar-refractivity contribution >= 4 is 5.69 Å². The van der Waals surface area contributed by atoms with Gasteiger partial charge >= 0.3 is 0 Å². The third-order valence-electron chi connectivity index (χ3n) is 3.68. The predicted molar refractivity (Wildman–Crippen MR) is 74.9 cm³/mol. The van der Waals surface area contributed by atoms with E-state index in [0.29, 0.717) is 6.04 Å². The summed E-state index contributed by atoms with van der Waals surface area (Å²) >= 11 is 0. The van der Waals surface area contributed by atoms with Crippen LogP contribution < -0.4 is 10.6 Å². The number of aryl methyl sites for hydroxylation is 1. The highest BCUT2D eigenvalue weighted by atomic mass is 19.3. The molecule has 1 aromatic carbocycles. The van der Waals surface area contributed by atoms with E-state index in [9.17, 15) is 8.78 Å². The Kier molecular flexibility index (Phi) is 4.40. The van der Waals surface area contributed by atoms with E-state index in [4.69, 9.17) is 0 Å². The molecule has 0 aromatic heterocycles. The van der Waals surface area contributed by atoms with Crippen LogP contribution in [-0.2, 0) is 5.92 Å². The van der Waals surface area contributed by atoms with Gasteiger partial charge in [0.15, 0.2) is 0 Å². The van der Waals surface area contributed by atoms with Crippen molar-refractivity contribution in [3.63, 3.8) is 0 Å². The van der Waals surface area contributed by atoms with Crippen LogP contribution in [0.5, 0.6) is 0 Å². The summed E-state index contributed by atoms with van der Waals surface area (Å²) in [5.74, 6) is -2.77. The summed E-state index contributed by atoms with van der Waals surface area (Å²) in [7, 11) is 0. The third kappa shape index (κ3) is 3.90. The van der Waals surface area contributed by atoms with Gasteiger partial charge in [0.1, 0.15) is 0 Å². The molecule has 1 saturated heterocycles. The average molecular weight is 268 g/mol. The summed E-state index contributed by atoms with van der Waals surface area (Å²) in [6, 6.07) is 5.31. The van der Waals surface area contributed by atoms with E-state index in [1.807, 2.05) is 6.92 Å². The van der Waals surface area contributed by atoms with Crippen LogP contribution in [0, 0.1) is 6.92 Å². The van der Waals surface area contributed by atoms with Gasteiger partial charge in [-0.25, -0.2) is 8.78 Å². The lowest BCUT2D eigenvalue weighted by Gasteiger charge is -2.24. The molecule has 1 fully saturated rings. The molecular formula is C15H22F2N2. The maximum Gasteiger partial charge on any atom is 0.270 e. The molecule has 1 aromatic rings. The van der Waals surface area contributed by atoms with Crippen LogP contribution in [-0.4, -0.2) is 19.1 Å². The third-order valence-corrected chi connectivity index (χ3v) is 3.68. The van der Waals surface area contributed by atoms with Crippen LogP contribution in [0.25, 0.3) is 0 Å². The standard InChI is InChI=1S/C15H22F2N2/c1-11-9-12(15(2,16)17)6-7-14(11)19-10-13-5-3-4-8-18-13/h6-7,9,13,18-19H,3-5,8,10H2,1-2H3. The fraction of sp³-hybridized carbons (Fsp3) is 0.600. The zero-order valence-electron chi connectivity index (χ0n) is 11.6. The van der Waals surface area contributed by atoms with Crippen molar-refractivity contribution in [3.05, 3.63) is 29.3 Å². The van der Waals surface area contributed by atoms with E-state index in [0.717, 1.165) is 31.3 Å². The van der Waals surface area contributed by atoms with E-state index in [-0.39, 0.29) is 5.56 Å². The van der Waals surface area contributed by atoms with Gasteiger partial charge in [0.05, 0.1) is 0 Å². The fourth-order valence-corrected chi connectivity index (χ4v) is 2.47. The summed E-state index contributed by atoms with van der Waals surface area (Å²) < 4.78 is 26.4. The van der Waals surface area contributed by atoms with Crippen molar-refractivity contribution in [1.29, 1.82) is 0 Å². The monoisotopic (exact) mass is 268 g/mol. The van der Waals surface area contributed by atoms with Gasteiger partial charge in [0.2, 0.25) is 0 Å². The zero-order valence-corrected chi connectivity index (χ0v) is 11.6. The quantitative estimate of drug-likeness (QED) is 0.870. The molecule has 1 aliphatic rings. The number of hydrogen-bond donors (Lipinski definition) is 2. The van der Waals surface area contributed by atoms with E-state index < -0.39 is 5.92 Å². The number of rotatable bonds is 4. The van der Waals surface area contributed by atoms with Crippen molar-refractivity contribution < 1.29 is 8.78 Å². The van der Waals surface area contributed by atoms with Gasteiger partial charge in [-0.3, -0.25) is 0 Å². The van der Waals surface area contributed by atoms with E-state index in [1.54, 1.807) is 12.1 Å². The minimum absolute atomic E-state index is 0.0753. The average Bonchev–Trinajstić information content (AvgIpc) is 2.37. The van der Waals surface area contributed by atoms with Crippen molar-refractivity contribution in [3.8, 4) is 0 Å². The van der Waals surface area contributed by atoms with Crippen LogP contribution in [0.1, 0.15) is 37.3 Å². The fourth-order valence-electron chi connectivity index (χ4n) is 2.47. The Balaban J connectivity index is 1.97. The van der Waals surface area contributed by atoms with E-state index >= 15 is 0 Å². The number of benzene rings is 1. The van der Waals surface area contributed by atoms with Crippen molar-refractivity contribution in [2.45, 2.75) is 45.1 Å². The second-order valence-corrected chi connectivity index (χ2v) is 5.45. The molecule has 0 bridgehead atoms. The maximum atomic E-state index is 13.2. The zero-order chi connectivity index (χ0) is 13.9. The van der Waals surface area contributed by atoms with Gasteiger partial charge in [0.25, 0.3) is 5.92 Å². The van der Waals surface area contributed by atoms with E-state index in [1.165, 1.54) is 25.3 Å². The largest absolute Gasteiger partial charge is 0.383 e. The first kappa shape index (κ1) is 14.3. The molecule has 106 valence electrons. The van der Waals surface area contributed by atoms with Gasteiger partial charge in [-0.05, 0) is 44.0 Å². The summed E-state index contributed by atoms with van der Waals surface area (Å²) in [5.41, 5.74) is 1.89. The molecule has 0 saturated carbocycles. The smallest absolute Gasteiger partial charge is 0.270 e. The number of halogens is 2. The van der Waals surface area contributed by atoms with Crippen LogP contribution in [0.3, 0.4) is 0 Å².